The fourth-order valence-electron chi connectivity index (χ4n) is 2.67. The monoisotopic (exact) mass is 390 g/mol. The molecule has 7 heteroatoms. The summed E-state index contributed by atoms with van der Waals surface area (Å²) in [6, 6.07) is 17.9. The lowest BCUT2D eigenvalue weighted by molar-refractivity contribution is -0.114. The van der Waals surface area contributed by atoms with E-state index < -0.39 is 0 Å². The van der Waals surface area contributed by atoms with E-state index in [0.29, 0.717) is 29.4 Å². The lowest BCUT2D eigenvalue weighted by atomic mass is 10.2. The average molecular weight is 390 g/mol. The number of para-hydroxylation sites is 2. The Labute approximate surface area is 169 Å². The van der Waals surface area contributed by atoms with E-state index in [2.05, 4.69) is 20.9 Å². The summed E-state index contributed by atoms with van der Waals surface area (Å²) in [4.78, 5) is 28.0. The van der Waals surface area contributed by atoms with Crippen molar-refractivity contribution < 1.29 is 14.3 Å². The maximum atomic E-state index is 12.5. The Morgan fingerprint density at radius 1 is 0.966 bits per heavy atom. The summed E-state index contributed by atoms with van der Waals surface area (Å²) >= 11 is 0. The summed E-state index contributed by atoms with van der Waals surface area (Å²) in [6.07, 6.45) is 1.50. The van der Waals surface area contributed by atoms with E-state index in [1.54, 1.807) is 36.4 Å². The first-order valence-corrected chi connectivity index (χ1v) is 9.19. The predicted molar refractivity (Wildman–Crippen MR) is 114 cm³/mol. The van der Waals surface area contributed by atoms with Crippen LogP contribution in [0.3, 0.4) is 0 Å². The Bertz CT molecular complexity index is 1000. The zero-order valence-corrected chi connectivity index (χ0v) is 16.2. The van der Waals surface area contributed by atoms with Gasteiger partial charge in [-0.3, -0.25) is 9.59 Å². The summed E-state index contributed by atoms with van der Waals surface area (Å²) in [7, 11) is 0. The van der Waals surface area contributed by atoms with Gasteiger partial charge < -0.3 is 20.7 Å². The Morgan fingerprint density at radius 3 is 2.41 bits per heavy atom. The molecule has 0 saturated carbocycles. The Balaban J connectivity index is 1.67. The number of anilines is 4. The molecule has 3 rings (SSSR count). The van der Waals surface area contributed by atoms with Crippen LogP contribution in [0.5, 0.6) is 5.75 Å². The summed E-state index contributed by atoms with van der Waals surface area (Å²) in [6.45, 7) is 3.92. The number of carbonyl (C=O) groups is 2. The predicted octanol–water partition coefficient (Wildman–Crippen LogP) is 4.43. The smallest absolute Gasteiger partial charge is 0.257 e. The van der Waals surface area contributed by atoms with E-state index in [1.807, 2.05) is 31.2 Å². The Kier molecular flexibility index (Phi) is 6.42. The van der Waals surface area contributed by atoms with Crippen LogP contribution in [0.4, 0.5) is 22.9 Å². The van der Waals surface area contributed by atoms with Gasteiger partial charge in [0.25, 0.3) is 5.91 Å². The normalized spacial score (nSPS) is 10.1. The van der Waals surface area contributed by atoms with Crippen molar-refractivity contribution in [3.8, 4) is 5.75 Å². The molecular formula is C22H22N4O3. The van der Waals surface area contributed by atoms with E-state index in [9.17, 15) is 9.59 Å². The highest BCUT2D eigenvalue weighted by molar-refractivity contribution is 6.04. The molecule has 2 aromatic carbocycles. The Morgan fingerprint density at radius 2 is 1.72 bits per heavy atom. The van der Waals surface area contributed by atoms with E-state index in [4.69, 9.17) is 4.74 Å². The molecule has 0 aliphatic rings. The van der Waals surface area contributed by atoms with Crippen molar-refractivity contribution in [3.63, 3.8) is 0 Å². The van der Waals surface area contributed by atoms with Crippen LogP contribution >= 0.6 is 0 Å². The molecule has 148 valence electrons. The molecule has 1 aromatic heterocycles. The molecule has 0 unspecified atom stereocenters. The lowest BCUT2D eigenvalue weighted by Crippen LogP contribution is -2.13. The number of pyridine rings is 1. The largest absolute Gasteiger partial charge is 0.492 e. The van der Waals surface area contributed by atoms with Gasteiger partial charge in [-0.05, 0) is 49.4 Å². The molecule has 0 fully saturated rings. The number of benzene rings is 2. The highest BCUT2D eigenvalue weighted by Gasteiger charge is 2.09. The van der Waals surface area contributed by atoms with Crippen molar-refractivity contribution >= 4 is 34.7 Å². The minimum absolute atomic E-state index is 0.174. The number of amides is 2. The summed E-state index contributed by atoms with van der Waals surface area (Å²) < 4.78 is 5.59. The van der Waals surface area contributed by atoms with Gasteiger partial charge in [0, 0.05) is 24.5 Å². The quantitative estimate of drug-likeness (QED) is 0.555. The second kappa shape index (κ2) is 9.36. The first kappa shape index (κ1) is 19.9. The third-order valence-electron chi connectivity index (χ3n) is 3.92. The van der Waals surface area contributed by atoms with Crippen LogP contribution in [0.1, 0.15) is 24.2 Å². The standard InChI is InChI=1S/C22H22N4O3/c1-3-29-20-10-5-4-9-19(20)26-21-12-11-16(14-23-21)22(28)25-18-8-6-7-17(13-18)24-15(2)27/h4-14H,3H2,1-2H3,(H,23,26)(H,24,27)(H,25,28). The second-order valence-corrected chi connectivity index (χ2v) is 6.20. The molecule has 0 aliphatic carbocycles. The van der Waals surface area contributed by atoms with E-state index in [0.717, 1.165) is 11.4 Å². The van der Waals surface area contributed by atoms with E-state index in [1.165, 1.54) is 13.1 Å². The zero-order valence-electron chi connectivity index (χ0n) is 16.2. The maximum Gasteiger partial charge on any atom is 0.257 e. The van der Waals surface area contributed by atoms with Crippen LogP contribution in [0.15, 0.2) is 66.9 Å². The minimum atomic E-state index is -0.293. The third kappa shape index (κ3) is 5.55. The van der Waals surface area contributed by atoms with Crippen molar-refractivity contribution in [2.75, 3.05) is 22.6 Å². The van der Waals surface area contributed by atoms with Gasteiger partial charge in [0.1, 0.15) is 11.6 Å². The van der Waals surface area contributed by atoms with Crippen LogP contribution in [0.25, 0.3) is 0 Å². The minimum Gasteiger partial charge on any atom is -0.492 e. The number of carbonyl (C=O) groups excluding carboxylic acids is 2. The van der Waals surface area contributed by atoms with Crippen LogP contribution in [0.2, 0.25) is 0 Å². The first-order valence-electron chi connectivity index (χ1n) is 9.19. The van der Waals surface area contributed by atoms with Gasteiger partial charge in [-0.2, -0.15) is 0 Å². The number of ether oxygens (including phenoxy) is 1. The average Bonchev–Trinajstić information content (AvgIpc) is 2.70. The van der Waals surface area contributed by atoms with Gasteiger partial charge in [0.15, 0.2) is 0 Å². The second-order valence-electron chi connectivity index (χ2n) is 6.20. The van der Waals surface area contributed by atoms with Crippen LogP contribution in [-0.2, 0) is 4.79 Å². The van der Waals surface area contributed by atoms with Crippen molar-refractivity contribution in [3.05, 3.63) is 72.4 Å². The van der Waals surface area contributed by atoms with Gasteiger partial charge in [-0.15, -0.1) is 0 Å². The molecule has 29 heavy (non-hydrogen) atoms. The number of hydrogen-bond acceptors (Lipinski definition) is 5. The molecule has 7 nitrogen and oxygen atoms in total. The van der Waals surface area contributed by atoms with Crippen LogP contribution in [0, 0.1) is 0 Å². The van der Waals surface area contributed by atoms with Crippen molar-refractivity contribution in [2.45, 2.75) is 13.8 Å². The van der Waals surface area contributed by atoms with E-state index >= 15 is 0 Å². The first-order chi connectivity index (χ1) is 14.0. The number of aromatic nitrogens is 1. The van der Waals surface area contributed by atoms with Gasteiger partial charge in [0.05, 0.1) is 17.9 Å². The van der Waals surface area contributed by atoms with Crippen molar-refractivity contribution in [1.29, 1.82) is 0 Å². The number of hydrogen-bond donors (Lipinski definition) is 3. The van der Waals surface area contributed by atoms with Gasteiger partial charge in [0.2, 0.25) is 5.91 Å². The molecule has 0 saturated heterocycles. The summed E-state index contributed by atoms with van der Waals surface area (Å²) in [5.41, 5.74) is 2.41. The lowest BCUT2D eigenvalue weighted by Gasteiger charge is -2.12. The van der Waals surface area contributed by atoms with Crippen LogP contribution in [-0.4, -0.2) is 23.4 Å². The molecule has 1 heterocycles. The van der Waals surface area contributed by atoms with E-state index in [-0.39, 0.29) is 11.8 Å². The molecule has 3 N–H and O–H groups in total. The maximum absolute atomic E-state index is 12.5. The SMILES string of the molecule is CCOc1ccccc1Nc1ccc(C(=O)Nc2cccc(NC(C)=O)c2)cn1. The molecular weight excluding hydrogens is 368 g/mol. The molecule has 2 amide bonds. The molecule has 0 atom stereocenters. The number of nitrogens with zero attached hydrogens (tertiary/aromatic N) is 1. The fourth-order valence-corrected chi connectivity index (χ4v) is 2.67. The summed E-state index contributed by atoms with van der Waals surface area (Å²) in [5.74, 6) is 0.865. The van der Waals surface area contributed by atoms with Gasteiger partial charge >= 0.3 is 0 Å². The highest BCUT2D eigenvalue weighted by Crippen LogP contribution is 2.26. The Hall–Kier alpha value is -3.87. The van der Waals surface area contributed by atoms with Crippen molar-refractivity contribution in [2.24, 2.45) is 0 Å². The van der Waals surface area contributed by atoms with Crippen molar-refractivity contribution in [1.82, 2.24) is 4.98 Å². The molecule has 0 aliphatic heterocycles. The summed E-state index contributed by atoms with van der Waals surface area (Å²) in [5, 5.41) is 8.67. The van der Waals surface area contributed by atoms with Gasteiger partial charge in [-0.25, -0.2) is 4.98 Å². The molecule has 0 spiro atoms. The topological polar surface area (TPSA) is 92.4 Å². The number of rotatable bonds is 7. The molecule has 0 bridgehead atoms. The zero-order chi connectivity index (χ0) is 20.6. The third-order valence-corrected chi connectivity index (χ3v) is 3.92. The number of nitrogens with one attached hydrogen (secondary N) is 3. The highest BCUT2D eigenvalue weighted by atomic mass is 16.5. The van der Waals surface area contributed by atoms with Gasteiger partial charge in [-0.1, -0.05) is 18.2 Å². The van der Waals surface area contributed by atoms with Crippen LogP contribution < -0.4 is 20.7 Å². The molecule has 0 radical (unpaired) electrons. The molecule has 3 aromatic rings. The fraction of sp³-hybridized carbons (Fsp3) is 0.136.